The minimum atomic E-state index is 0.481. The number of nitrogens with zero attached hydrogens (tertiary/aromatic N) is 2. The van der Waals surface area contributed by atoms with Crippen LogP contribution in [0.1, 0.15) is 22.4 Å². The molecule has 0 saturated heterocycles. The van der Waals surface area contributed by atoms with Gasteiger partial charge in [0.05, 0.1) is 0 Å². The van der Waals surface area contributed by atoms with E-state index in [0.717, 1.165) is 11.3 Å². The zero-order chi connectivity index (χ0) is 13.0. The Morgan fingerprint density at radius 2 is 2.11 bits per heavy atom. The Hall–Kier alpha value is -2.34. The lowest BCUT2D eigenvalue weighted by atomic mass is 10.1. The standard InChI is InChI=1S/C15H15N3/c1-11-5-6-14(12(2)8-11)18-10-13-4-3-7-17-15(13)9-16/h3-8,18H,10H2,1-2H3. The fourth-order valence-corrected chi connectivity index (χ4v) is 1.88. The van der Waals surface area contributed by atoms with Crippen LogP contribution < -0.4 is 5.32 Å². The largest absolute Gasteiger partial charge is 0.381 e. The van der Waals surface area contributed by atoms with Crippen LogP contribution in [0.3, 0.4) is 0 Å². The Balaban J connectivity index is 2.14. The van der Waals surface area contributed by atoms with Gasteiger partial charge in [-0.3, -0.25) is 0 Å². The first-order valence-electron chi connectivity index (χ1n) is 5.86. The SMILES string of the molecule is Cc1ccc(NCc2cccnc2C#N)c(C)c1. The second-order valence-electron chi connectivity index (χ2n) is 4.29. The van der Waals surface area contributed by atoms with Crippen molar-refractivity contribution in [3.8, 4) is 6.07 Å². The molecule has 18 heavy (non-hydrogen) atoms. The van der Waals surface area contributed by atoms with E-state index in [1.807, 2.05) is 12.1 Å². The first-order chi connectivity index (χ1) is 8.70. The van der Waals surface area contributed by atoms with Gasteiger partial charge in [0.15, 0.2) is 0 Å². The van der Waals surface area contributed by atoms with Crippen LogP contribution in [0.4, 0.5) is 5.69 Å². The van der Waals surface area contributed by atoms with Crippen molar-refractivity contribution in [3.63, 3.8) is 0 Å². The Morgan fingerprint density at radius 3 is 2.83 bits per heavy atom. The van der Waals surface area contributed by atoms with Gasteiger partial charge in [0.2, 0.25) is 0 Å². The molecule has 2 aromatic rings. The van der Waals surface area contributed by atoms with E-state index in [1.165, 1.54) is 11.1 Å². The fourth-order valence-electron chi connectivity index (χ4n) is 1.88. The molecule has 0 aliphatic heterocycles. The maximum Gasteiger partial charge on any atom is 0.145 e. The molecule has 0 fully saturated rings. The topological polar surface area (TPSA) is 48.7 Å². The molecule has 0 atom stereocenters. The normalized spacial score (nSPS) is 9.83. The third-order valence-electron chi connectivity index (χ3n) is 2.85. The molecule has 3 nitrogen and oxygen atoms in total. The summed E-state index contributed by atoms with van der Waals surface area (Å²) in [4.78, 5) is 4.04. The van der Waals surface area contributed by atoms with Crippen LogP contribution in [0.2, 0.25) is 0 Å². The molecule has 0 unspecified atom stereocenters. The maximum atomic E-state index is 8.97. The number of anilines is 1. The zero-order valence-electron chi connectivity index (χ0n) is 10.6. The molecule has 1 N–H and O–H groups in total. The van der Waals surface area contributed by atoms with Crippen LogP contribution >= 0.6 is 0 Å². The molecule has 0 radical (unpaired) electrons. The first-order valence-corrected chi connectivity index (χ1v) is 5.86. The van der Waals surface area contributed by atoms with Gasteiger partial charge < -0.3 is 5.32 Å². The number of benzene rings is 1. The van der Waals surface area contributed by atoms with Crippen molar-refractivity contribution in [2.45, 2.75) is 20.4 Å². The summed E-state index contributed by atoms with van der Waals surface area (Å²) in [5, 5.41) is 12.3. The van der Waals surface area contributed by atoms with Gasteiger partial charge in [0.1, 0.15) is 11.8 Å². The van der Waals surface area contributed by atoms with E-state index in [0.29, 0.717) is 12.2 Å². The molecule has 0 spiro atoms. The molecule has 1 aromatic heterocycles. The average molecular weight is 237 g/mol. The second-order valence-corrected chi connectivity index (χ2v) is 4.29. The number of hydrogen-bond acceptors (Lipinski definition) is 3. The highest BCUT2D eigenvalue weighted by Gasteiger charge is 2.03. The minimum Gasteiger partial charge on any atom is -0.381 e. The van der Waals surface area contributed by atoms with E-state index < -0.39 is 0 Å². The minimum absolute atomic E-state index is 0.481. The molecule has 0 aliphatic rings. The van der Waals surface area contributed by atoms with Gasteiger partial charge in [0, 0.05) is 24.0 Å². The van der Waals surface area contributed by atoms with Crippen molar-refractivity contribution in [2.75, 3.05) is 5.32 Å². The second kappa shape index (κ2) is 5.33. The summed E-state index contributed by atoms with van der Waals surface area (Å²) < 4.78 is 0. The van der Waals surface area contributed by atoms with Crippen molar-refractivity contribution >= 4 is 5.69 Å². The van der Waals surface area contributed by atoms with Crippen LogP contribution in [0.25, 0.3) is 0 Å². The monoisotopic (exact) mass is 237 g/mol. The highest BCUT2D eigenvalue weighted by Crippen LogP contribution is 2.17. The molecule has 3 heteroatoms. The van der Waals surface area contributed by atoms with Crippen molar-refractivity contribution < 1.29 is 0 Å². The van der Waals surface area contributed by atoms with Crippen LogP contribution in [0.5, 0.6) is 0 Å². The predicted molar refractivity (Wildman–Crippen MR) is 72.2 cm³/mol. The van der Waals surface area contributed by atoms with Crippen molar-refractivity contribution in [3.05, 3.63) is 58.9 Å². The van der Waals surface area contributed by atoms with E-state index in [4.69, 9.17) is 5.26 Å². The summed E-state index contributed by atoms with van der Waals surface area (Å²) in [5.41, 5.74) is 4.94. The van der Waals surface area contributed by atoms with E-state index in [9.17, 15) is 0 Å². The molecule has 0 saturated carbocycles. The number of aromatic nitrogens is 1. The van der Waals surface area contributed by atoms with Crippen LogP contribution in [-0.2, 0) is 6.54 Å². The van der Waals surface area contributed by atoms with Gasteiger partial charge in [-0.25, -0.2) is 4.98 Å². The third kappa shape index (κ3) is 2.67. The Bertz CT molecular complexity index is 597. The third-order valence-corrected chi connectivity index (χ3v) is 2.85. The van der Waals surface area contributed by atoms with Crippen LogP contribution in [0, 0.1) is 25.2 Å². The summed E-state index contributed by atoms with van der Waals surface area (Å²) in [7, 11) is 0. The molecule has 0 aliphatic carbocycles. The van der Waals surface area contributed by atoms with Gasteiger partial charge in [0.25, 0.3) is 0 Å². The Labute approximate surface area is 107 Å². The highest BCUT2D eigenvalue weighted by molar-refractivity contribution is 5.52. The molecule has 2 rings (SSSR count). The number of nitriles is 1. The smallest absolute Gasteiger partial charge is 0.145 e. The molecular weight excluding hydrogens is 222 g/mol. The zero-order valence-corrected chi connectivity index (χ0v) is 10.6. The van der Waals surface area contributed by atoms with Crippen molar-refractivity contribution in [2.24, 2.45) is 0 Å². The molecule has 1 aromatic carbocycles. The quantitative estimate of drug-likeness (QED) is 0.891. The summed E-state index contributed by atoms with van der Waals surface area (Å²) in [6.07, 6.45) is 1.64. The van der Waals surface area contributed by atoms with E-state index in [2.05, 4.69) is 48.4 Å². The highest BCUT2D eigenvalue weighted by atomic mass is 14.9. The van der Waals surface area contributed by atoms with E-state index >= 15 is 0 Å². The fraction of sp³-hybridized carbons (Fsp3) is 0.200. The molecule has 90 valence electrons. The summed E-state index contributed by atoms with van der Waals surface area (Å²) in [6.45, 7) is 4.76. The first kappa shape index (κ1) is 12.1. The van der Waals surface area contributed by atoms with E-state index in [-0.39, 0.29) is 0 Å². The summed E-state index contributed by atoms with van der Waals surface area (Å²) >= 11 is 0. The average Bonchev–Trinajstić information content (AvgIpc) is 2.38. The Kier molecular flexibility index (Phi) is 3.59. The summed E-state index contributed by atoms with van der Waals surface area (Å²) in [6, 6.07) is 12.1. The molecule has 0 bridgehead atoms. The van der Waals surface area contributed by atoms with Crippen molar-refractivity contribution in [1.29, 1.82) is 5.26 Å². The predicted octanol–water partition coefficient (Wildman–Crippen LogP) is 3.18. The van der Waals surface area contributed by atoms with Gasteiger partial charge in [-0.15, -0.1) is 0 Å². The van der Waals surface area contributed by atoms with Gasteiger partial charge in [-0.1, -0.05) is 23.8 Å². The number of pyridine rings is 1. The van der Waals surface area contributed by atoms with Crippen LogP contribution in [0.15, 0.2) is 36.5 Å². The molecule has 0 amide bonds. The van der Waals surface area contributed by atoms with Gasteiger partial charge >= 0.3 is 0 Å². The number of aryl methyl sites for hydroxylation is 2. The van der Waals surface area contributed by atoms with Crippen molar-refractivity contribution in [1.82, 2.24) is 4.98 Å². The van der Waals surface area contributed by atoms with Gasteiger partial charge in [-0.05, 0) is 31.5 Å². The number of nitrogens with one attached hydrogen (secondary N) is 1. The number of hydrogen-bond donors (Lipinski definition) is 1. The van der Waals surface area contributed by atoms with E-state index in [1.54, 1.807) is 6.20 Å². The lowest BCUT2D eigenvalue weighted by Gasteiger charge is -2.10. The maximum absolute atomic E-state index is 8.97. The lowest BCUT2D eigenvalue weighted by molar-refractivity contribution is 1.08. The lowest BCUT2D eigenvalue weighted by Crippen LogP contribution is -2.04. The number of rotatable bonds is 3. The van der Waals surface area contributed by atoms with Gasteiger partial charge in [-0.2, -0.15) is 5.26 Å². The molecular formula is C15H15N3. The van der Waals surface area contributed by atoms with Crippen LogP contribution in [-0.4, -0.2) is 4.98 Å². The molecule has 1 heterocycles. The summed E-state index contributed by atoms with van der Waals surface area (Å²) in [5.74, 6) is 0. The Morgan fingerprint density at radius 1 is 1.28 bits per heavy atom.